The summed E-state index contributed by atoms with van der Waals surface area (Å²) in [5.74, 6) is 1.58. The van der Waals surface area contributed by atoms with Crippen LogP contribution >= 0.6 is 0 Å². The summed E-state index contributed by atoms with van der Waals surface area (Å²) in [7, 11) is 0. The molecular formula is C13H18N4O3. The molecule has 2 aromatic rings. The summed E-state index contributed by atoms with van der Waals surface area (Å²) in [5, 5.41) is 6.38. The van der Waals surface area contributed by atoms with Gasteiger partial charge in [0.05, 0.1) is 0 Å². The summed E-state index contributed by atoms with van der Waals surface area (Å²) in [6.07, 6.45) is 3.24. The van der Waals surface area contributed by atoms with Crippen molar-refractivity contribution in [3.05, 3.63) is 30.0 Å². The smallest absolute Gasteiger partial charge is 0.245 e. The molecule has 0 spiro atoms. The second kappa shape index (κ2) is 6.33. The van der Waals surface area contributed by atoms with Gasteiger partial charge in [-0.2, -0.15) is 0 Å². The first kappa shape index (κ1) is 14.3. The molecule has 7 heteroatoms. The van der Waals surface area contributed by atoms with Gasteiger partial charge in [-0.15, -0.1) is 0 Å². The van der Waals surface area contributed by atoms with Gasteiger partial charge < -0.3 is 19.1 Å². The molecular weight excluding hydrogens is 260 g/mol. The molecule has 0 saturated carbocycles. The predicted octanol–water partition coefficient (Wildman–Crippen LogP) is 1.92. The van der Waals surface area contributed by atoms with Gasteiger partial charge in [0.15, 0.2) is 5.82 Å². The molecule has 0 saturated heterocycles. The van der Waals surface area contributed by atoms with Crippen LogP contribution in [0.4, 0.5) is 5.82 Å². The number of anilines is 1. The first-order valence-electron chi connectivity index (χ1n) is 6.46. The van der Waals surface area contributed by atoms with E-state index < -0.39 is 0 Å². The number of nitrogens with one attached hydrogen (secondary N) is 1. The zero-order valence-corrected chi connectivity index (χ0v) is 11.8. The minimum atomic E-state index is -0.193. The van der Waals surface area contributed by atoms with Gasteiger partial charge in [0.2, 0.25) is 5.91 Å². The molecule has 0 fully saturated rings. The number of carbonyl (C=O) groups is 1. The number of nitrogens with zero attached hydrogens (tertiary/aromatic N) is 3. The monoisotopic (exact) mass is 278 g/mol. The number of aryl methyl sites for hydroxylation is 1. The SMILES string of the molecule is CCO[C@H](C)c1nccn1CC(=O)Nc1cc(C)on1. The van der Waals surface area contributed by atoms with Crippen LogP contribution < -0.4 is 5.32 Å². The van der Waals surface area contributed by atoms with Crippen LogP contribution in [0.1, 0.15) is 31.5 Å². The standard InChI is InChI=1S/C13H18N4O3/c1-4-19-10(3)13-14-5-6-17(13)8-12(18)15-11-7-9(2)20-16-11/h5-7,10H,4,8H2,1-3H3,(H,15,16,18)/t10-/m1/s1. The minimum absolute atomic E-state index is 0.151. The van der Waals surface area contributed by atoms with Crippen molar-refractivity contribution in [1.29, 1.82) is 0 Å². The second-order valence-corrected chi connectivity index (χ2v) is 4.38. The highest BCUT2D eigenvalue weighted by Gasteiger charge is 2.14. The van der Waals surface area contributed by atoms with E-state index in [4.69, 9.17) is 9.26 Å². The molecule has 0 aliphatic carbocycles. The first-order chi connectivity index (χ1) is 9.60. The number of imidazole rings is 1. The third-order valence-corrected chi connectivity index (χ3v) is 2.74. The van der Waals surface area contributed by atoms with E-state index in [1.807, 2.05) is 13.8 Å². The fourth-order valence-electron chi connectivity index (χ4n) is 1.90. The van der Waals surface area contributed by atoms with Crippen LogP contribution in [0.5, 0.6) is 0 Å². The van der Waals surface area contributed by atoms with Crippen molar-refractivity contribution in [2.45, 2.75) is 33.4 Å². The molecule has 1 amide bonds. The fourth-order valence-corrected chi connectivity index (χ4v) is 1.90. The lowest BCUT2D eigenvalue weighted by molar-refractivity contribution is -0.116. The molecule has 1 atom stereocenters. The summed E-state index contributed by atoms with van der Waals surface area (Å²) in [6.45, 7) is 6.34. The summed E-state index contributed by atoms with van der Waals surface area (Å²) in [4.78, 5) is 16.2. The Morgan fingerprint density at radius 2 is 2.40 bits per heavy atom. The Balaban J connectivity index is 1.99. The number of hydrogen-bond acceptors (Lipinski definition) is 5. The normalized spacial score (nSPS) is 12.3. The largest absolute Gasteiger partial charge is 0.371 e. The Hall–Kier alpha value is -2.15. The third kappa shape index (κ3) is 3.45. The van der Waals surface area contributed by atoms with Crippen molar-refractivity contribution >= 4 is 11.7 Å². The van der Waals surface area contributed by atoms with Crippen molar-refractivity contribution < 1.29 is 14.1 Å². The van der Waals surface area contributed by atoms with Crippen LogP contribution in [0.15, 0.2) is 23.0 Å². The molecule has 0 bridgehead atoms. The Morgan fingerprint density at radius 1 is 1.60 bits per heavy atom. The molecule has 2 aromatic heterocycles. The molecule has 108 valence electrons. The van der Waals surface area contributed by atoms with Gasteiger partial charge in [0.1, 0.15) is 24.2 Å². The predicted molar refractivity (Wildman–Crippen MR) is 72.1 cm³/mol. The van der Waals surface area contributed by atoms with Crippen LogP contribution in [0.3, 0.4) is 0 Å². The van der Waals surface area contributed by atoms with Crippen molar-refractivity contribution in [1.82, 2.24) is 14.7 Å². The maximum absolute atomic E-state index is 11.9. The highest BCUT2D eigenvalue weighted by atomic mass is 16.5. The van der Waals surface area contributed by atoms with Crippen LogP contribution in [-0.4, -0.2) is 27.2 Å². The van der Waals surface area contributed by atoms with E-state index >= 15 is 0 Å². The van der Waals surface area contributed by atoms with Crippen molar-refractivity contribution in [2.24, 2.45) is 0 Å². The van der Waals surface area contributed by atoms with E-state index in [1.54, 1.807) is 30.0 Å². The van der Waals surface area contributed by atoms with Crippen LogP contribution in [0.2, 0.25) is 0 Å². The zero-order valence-electron chi connectivity index (χ0n) is 11.8. The highest BCUT2D eigenvalue weighted by molar-refractivity contribution is 5.89. The lowest BCUT2D eigenvalue weighted by Gasteiger charge is -2.13. The van der Waals surface area contributed by atoms with Crippen LogP contribution in [0, 0.1) is 6.92 Å². The molecule has 20 heavy (non-hydrogen) atoms. The Bertz CT molecular complexity index is 576. The number of rotatable bonds is 6. The van der Waals surface area contributed by atoms with Gasteiger partial charge in [-0.25, -0.2) is 4.98 Å². The lowest BCUT2D eigenvalue weighted by atomic mass is 10.3. The molecule has 0 aliphatic rings. The second-order valence-electron chi connectivity index (χ2n) is 4.38. The molecule has 0 radical (unpaired) electrons. The number of ether oxygens (including phenoxy) is 1. The highest BCUT2D eigenvalue weighted by Crippen LogP contribution is 2.14. The maximum Gasteiger partial charge on any atom is 0.245 e. The van der Waals surface area contributed by atoms with Crippen LogP contribution in [-0.2, 0) is 16.1 Å². The topological polar surface area (TPSA) is 82.2 Å². The van der Waals surface area contributed by atoms with E-state index in [-0.39, 0.29) is 18.6 Å². The average molecular weight is 278 g/mol. The van der Waals surface area contributed by atoms with Gasteiger partial charge >= 0.3 is 0 Å². The molecule has 0 unspecified atom stereocenters. The molecule has 0 aromatic carbocycles. The molecule has 2 rings (SSSR count). The molecule has 2 heterocycles. The summed E-state index contributed by atoms with van der Waals surface area (Å²) >= 11 is 0. The third-order valence-electron chi connectivity index (χ3n) is 2.74. The Labute approximate surface area is 116 Å². The van der Waals surface area contributed by atoms with Crippen molar-refractivity contribution in [2.75, 3.05) is 11.9 Å². The Morgan fingerprint density at radius 3 is 3.05 bits per heavy atom. The number of carbonyl (C=O) groups excluding carboxylic acids is 1. The fraction of sp³-hybridized carbons (Fsp3) is 0.462. The maximum atomic E-state index is 11.9. The van der Waals surface area contributed by atoms with Gasteiger partial charge in [-0.3, -0.25) is 4.79 Å². The van der Waals surface area contributed by atoms with Gasteiger partial charge in [-0.1, -0.05) is 5.16 Å². The number of aromatic nitrogens is 3. The van der Waals surface area contributed by atoms with E-state index in [2.05, 4.69) is 15.5 Å². The van der Waals surface area contributed by atoms with Crippen molar-refractivity contribution in [3.63, 3.8) is 0 Å². The summed E-state index contributed by atoms with van der Waals surface area (Å²) in [6, 6.07) is 1.66. The lowest BCUT2D eigenvalue weighted by Crippen LogP contribution is -2.21. The minimum Gasteiger partial charge on any atom is -0.371 e. The summed E-state index contributed by atoms with van der Waals surface area (Å²) in [5.41, 5.74) is 0. The Kier molecular flexibility index (Phi) is 4.52. The number of hydrogen-bond donors (Lipinski definition) is 1. The van der Waals surface area contributed by atoms with E-state index in [9.17, 15) is 4.79 Å². The first-order valence-corrected chi connectivity index (χ1v) is 6.46. The summed E-state index contributed by atoms with van der Waals surface area (Å²) < 4.78 is 12.1. The van der Waals surface area contributed by atoms with E-state index in [0.29, 0.717) is 18.2 Å². The van der Waals surface area contributed by atoms with Crippen molar-refractivity contribution in [3.8, 4) is 0 Å². The molecule has 0 aliphatic heterocycles. The number of amides is 1. The molecule has 7 nitrogen and oxygen atoms in total. The molecule has 1 N–H and O–H groups in total. The van der Waals surface area contributed by atoms with Gasteiger partial charge in [0.25, 0.3) is 0 Å². The van der Waals surface area contributed by atoms with Crippen LogP contribution in [0.25, 0.3) is 0 Å². The zero-order chi connectivity index (χ0) is 14.5. The average Bonchev–Trinajstić information content (AvgIpc) is 2.99. The van der Waals surface area contributed by atoms with E-state index in [0.717, 1.165) is 5.82 Å². The van der Waals surface area contributed by atoms with E-state index in [1.165, 1.54) is 0 Å². The van der Waals surface area contributed by atoms with Gasteiger partial charge in [0, 0.05) is 25.1 Å². The quantitative estimate of drug-likeness (QED) is 0.872. The van der Waals surface area contributed by atoms with Gasteiger partial charge in [-0.05, 0) is 20.8 Å².